The fraction of sp³-hybridized carbons (Fsp3) is 0.333. The van der Waals surface area contributed by atoms with Gasteiger partial charge in [-0.2, -0.15) is 13.2 Å². The first-order valence-electron chi connectivity index (χ1n) is 5.57. The summed E-state index contributed by atoms with van der Waals surface area (Å²) in [7, 11) is 1.05. The van der Waals surface area contributed by atoms with Crippen molar-refractivity contribution in [3.05, 3.63) is 33.8 Å². The van der Waals surface area contributed by atoms with Crippen molar-refractivity contribution in [2.45, 2.75) is 12.2 Å². The van der Waals surface area contributed by atoms with Crippen LogP contribution in [0.4, 0.5) is 13.2 Å². The maximum absolute atomic E-state index is 12.7. The summed E-state index contributed by atoms with van der Waals surface area (Å²) in [4.78, 5) is 23.0. The van der Waals surface area contributed by atoms with E-state index in [0.29, 0.717) is 6.07 Å². The number of rotatable bonds is 4. The Kier molecular flexibility index (Phi) is 5.73. The SMILES string of the molecule is COC(=O)C(CO)NC(=O)c1ccc(Br)c(C(F)(F)F)c1. The Morgan fingerprint density at radius 3 is 2.52 bits per heavy atom. The van der Waals surface area contributed by atoms with Gasteiger partial charge in [0, 0.05) is 10.0 Å². The number of alkyl halides is 3. The zero-order valence-corrected chi connectivity index (χ0v) is 12.3. The van der Waals surface area contributed by atoms with E-state index in [4.69, 9.17) is 5.11 Å². The minimum Gasteiger partial charge on any atom is -0.467 e. The summed E-state index contributed by atoms with van der Waals surface area (Å²) >= 11 is 2.75. The van der Waals surface area contributed by atoms with Crippen LogP contribution in [0, 0.1) is 0 Å². The molecule has 2 N–H and O–H groups in total. The number of nitrogens with one attached hydrogen (secondary N) is 1. The number of amides is 1. The van der Waals surface area contributed by atoms with Crippen LogP contribution in [-0.2, 0) is 15.7 Å². The lowest BCUT2D eigenvalue weighted by Crippen LogP contribution is -2.44. The number of halogens is 4. The maximum atomic E-state index is 12.7. The van der Waals surface area contributed by atoms with E-state index >= 15 is 0 Å². The minimum atomic E-state index is -4.63. The molecule has 5 nitrogen and oxygen atoms in total. The Labute approximate surface area is 126 Å². The topological polar surface area (TPSA) is 75.6 Å². The molecule has 116 valence electrons. The number of ether oxygens (including phenoxy) is 1. The Hall–Kier alpha value is -1.61. The van der Waals surface area contributed by atoms with Gasteiger partial charge in [0.05, 0.1) is 19.3 Å². The first-order chi connectivity index (χ1) is 9.70. The fourth-order valence-electron chi connectivity index (χ4n) is 1.45. The predicted octanol–water partition coefficient (Wildman–Crippen LogP) is 1.73. The molecule has 1 amide bonds. The lowest BCUT2D eigenvalue weighted by Gasteiger charge is -2.15. The molecular weight excluding hydrogens is 359 g/mol. The van der Waals surface area contributed by atoms with Gasteiger partial charge >= 0.3 is 12.1 Å². The second kappa shape index (κ2) is 6.90. The van der Waals surface area contributed by atoms with Crippen molar-refractivity contribution in [2.75, 3.05) is 13.7 Å². The van der Waals surface area contributed by atoms with E-state index in [0.717, 1.165) is 19.2 Å². The molecule has 0 aliphatic heterocycles. The fourth-order valence-corrected chi connectivity index (χ4v) is 1.92. The zero-order chi connectivity index (χ0) is 16.2. The molecule has 0 aromatic heterocycles. The molecule has 0 saturated carbocycles. The van der Waals surface area contributed by atoms with Gasteiger partial charge in [0.1, 0.15) is 0 Å². The summed E-state index contributed by atoms with van der Waals surface area (Å²) in [5.74, 6) is -1.84. The van der Waals surface area contributed by atoms with Crippen molar-refractivity contribution >= 4 is 27.8 Å². The van der Waals surface area contributed by atoms with Crippen LogP contribution in [0.5, 0.6) is 0 Å². The van der Waals surface area contributed by atoms with Crippen LogP contribution in [0.2, 0.25) is 0 Å². The van der Waals surface area contributed by atoms with E-state index in [1.165, 1.54) is 0 Å². The number of aliphatic hydroxyl groups excluding tert-OH is 1. The molecule has 1 atom stereocenters. The highest BCUT2D eigenvalue weighted by Gasteiger charge is 2.34. The molecule has 0 saturated heterocycles. The number of benzene rings is 1. The highest BCUT2D eigenvalue weighted by molar-refractivity contribution is 9.10. The summed E-state index contributed by atoms with van der Waals surface area (Å²) in [6.07, 6.45) is -4.63. The molecule has 1 aromatic rings. The molecular formula is C12H11BrF3NO4. The molecule has 0 bridgehead atoms. The average Bonchev–Trinajstić information content (AvgIpc) is 2.42. The molecule has 0 aliphatic carbocycles. The summed E-state index contributed by atoms with van der Waals surface area (Å²) in [6.45, 7) is -0.735. The molecule has 9 heteroatoms. The first kappa shape index (κ1) is 17.4. The van der Waals surface area contributed by atoms with Crippen LogP contribution in [0.3, 0.4) is 0 Å². The van der Waals surface area contributed by atoms with Gasteiger partial charge < -0.3 is 15.2 Å². The summed E-state index contributed by atoms with van der Waals surface area (Å²) in [5.41, 5.74) is -1.32. The number of carbonyl (C=O) groups is 2. The van der Waals surface area contributed by atoms with Crippen molar-refractivity contribution in [3.8, 4) is 0 Å². The summed E-state index contributed by atoms with van der Waals surface area (Å²) < 4.78 is 42.3. The zero-order valence-electron chi connectivity index (χ0n) is 10.7. The van der Waals surface area contributed by atoms with Gasteiger partial charge in [0.25, 0.3) is 5.91 Å². The van der Waals surface area contributed by atoms with Gasteiger partial charge in [0.15, 0.2) is 6.04 Å². The maximum Gasteiger partial charge on any atom is 0.417 e. The number of hydrogen-bond donors (Lipinski definition) is 2. The number of aliphatic hydroxyl groups is 1. The van der Waals surface area contributed by atoms with Crippen molar-refractivity contribution < 1.29 is 32.6 Å². The van der Waals surface area contributed by atoms with E-state index < -0.39 is 36.3 Å². The lowest BCUT2D eigenvalue weighted by atomic mass is 10.1. The smallest absolute Gasteiger partial charge is 0.417 e. The molecule has 1 rings (SSSR count). The van der Waals surface area contributed by atoms with E-state index in [1.54, 1.807) is 0 Å². The van der Waals surface area contributed by atoms with Crippen LogP contribution >= 0.6 is 15.9 Å². The Balaban J connectivity index is 3.01. The minimum absolute atomic E-state index is 0.210. The molecule has 1 unspecified atom stereocenters. The third kappa shape index (κ3) is 4.43. The highest BCUT2D eigenvalue weighted by atomic mass is 79.9. The second-order valence-electron chi connectivity index (χ2n) is 3.92. The monoisotopic (exact) mass is 369 g/mol. The van der Waals surface area contributed by atoms with Crippen LogP contribution in [0.15, 0.2) is 22.7 Å². The van der Waals surface area contributed by atoms with E-state index in [9.17, 15) is 22.8 Å². The third-order valence-corrected chi connectivity index (χ3v) is 3.20. The Bertz CT molecular complexity index is 548. The van der Waals surface area contributed by atoms with Crippen LogP contribution in [-0.4, -0.2) is 36.7 Å². The van der Waals surface area contributed by atoms with E-state index in [-0.39, 0.29) is 10.0 Å². The first-order valence-corrected chi connectivity index (χ1v) is 6.36. The normalized spacial score (nSPS) is 12.7. The van der Waals surface area contributed by atoms with Crippen molar-refractivity contribution in [1.29, 1.82) is 0 Å². The number of methoxy groups -OCH3 is 1. The average molecular weight is 370 g/mol. The molecule has 0 fully saturated rings. The van der Waals surface area contributed by atoms with E-state index in [1.807, 2.05) is 0 Å². The van der Waals surface area contributed by atoms with Gasteiger partial charge in [-0.3, -0.25) is 4.79 Å². The molecule has 21 heavy (non-hydrogen) atoms. The van der Waals surface area contributed by atoms with Crippen molar-refractivity contribution in [2.24, 2.45) is 0 Å². The van der Waals surface area contributed by atoms with Crippen LogP contribution in [0.25, 0.3) is 0 Å². The molecule has 0 spiro atoms. The van der Waals surface area contributed by atoms with Crippen LogP contribution in [0.1, 0.15) is 15.9 Å². The van der Waals surface area contributed by atoms with Gasteiger partial charge in [-0.1, -0.05) is 15.9 Å². The number of carbonyl (C=O) groups excluding carboxylic acids is 2. The Morgan fingerprint density at radius 2 is 2.05 bits per heavy atom. The summed E-state index contributed by atoms with van der Waals surface area (Å²) in [5, 5.41) is 11.0. The molecule has 0 heterocycles. The van der Waals surface area contributed by atoms with Gasteiger partial charge in [-0.15, -0.1) is 0 Å². The standard InChI is InChI=1S/C12H11BrF3NO4/c1-21-11(20)9(5-18)17-10(19)6-2-3-8(13)7(4-6)12(14,15)16/h2-4,9,18H,5H2,1H3,(H,17,19). The lowest BCUT2D eigenvalue weighted by molar-refractivity contribution is -0.144. The number of hydrogen-bond acceptors (Lipinski definition) is 4. The molecule has 0 aliphatic rings. The quantitative estimate of drug-likeness (QED) is 0.792. The predicted molar refractivity (Wildman–Crippen MR) is 69.5 cm³/mol. The van der Waals surface area contributed by atoms with Gasteiger partial charge in [0.2, 0.25) is 0 Å². The third-order valence-electron chi connectivity index (χ3n) is 2.51. The highest BCUT2D eigenvalue weighted by Crippen LogP contribution is 2.35. The van der Waals surface area contributed by atoms with Gasteiger partial charge in [-0.25, -0.2) is 4.79 Å². The molecule has 0 radical (unpaired) electrons. The molecule has 1 aromatic carbocycles. The van der Waals surface area contributed by atoms with Gasteiger partial charge in [-0.05, 0) is 18.2 Å². The summed E-state index contributed by atoms with van der Waals surface area (Å²) in [6, 6.07) is 1.52. The Morgan fingerprint density at radius 1 is 1.43 bits per heavy atom. The van der Waals surface area contributed by atoms with Crippen molar-refractivity contribution in [3.63, 3.8) is 0 Å². The largest absolute Gasteiger partial charge is 0.467 e. The number of esters is 1. The van der Waals surface area contributed by atoms with E-state index in [2.05, 4.69) is 26.0 Å². The second-order valence-corrected chi connectivity index (χ2v) is 4.78. The van der Waals surface area contributed by atoms with Crippen molar-refractivity contribution in [1.82, 2.24) is 5.32 Å². The van der Waals surface area contributed by atoms with Crippen LogP contribution < -0.4 is 5.32 Å².